The largest absolute Gasteiger partial charge is 0.326 e. The Kier molecular flexibility index (Phi) is 6.00. The van der Waals surface area contributed by atoms with Crippen molar-refractivity contribution in [3.8, 4) is 0 Å². The molecule has 0 radical (unpaired) electrons. The van der Waals surface area contributed by atoms with Gasteiger partial charge in [0.05, 0.1) is 0 Å². The summed E-state index contributed by atoms with van der Waals surface area (Å²) in [4.78, 5) is 26.3. The van der Waals surface area contributed by atoms with Crippen LogP contribution in [0.4, 0.5) is 11.4 Å². The number of para-hydroxylation sites is 1. The van der Waals surface area contributed by atoms with Gasteiger partial charge in [-0.15, -0.1) is 0 Å². The Hall–Kier alpha value is -3.40. The van der Waals surface area contributed by atoms with Gasteiger partial charge in [-0.2, -0.15) is 0 Å². The zero-order chi connectivity index (χ0) is 19.1. The minimum absolute atomic E-state index is 0.0423. The molecule has 3 aromatic carbocycles. The number of anilines is 2. The summed E-state index contributed by atoms with van der Waals surface area (Å²) in [5.41, 5.74) is 3.23. The summed E-state index contributed by atoms with van der Waals surface area (Å²) in [6.07, 6.45) is 1.12. The molecule has 0 unspecified atom stereocenters. The number of nitrogens with zero attached hydrogens (tertiary/aromatic N) is 1. The highest BCUT2D eigenvalue weighted by Crippen LogP contribution is 2.17. The second kappa shape index (κ2) is 8.81. The minimum Gasteiger partial charge on any atom is -0.326 e. The summed E-state index contributed by atoms with van der Waals surface area (Å²) in [5.74, 6) is -0.137. The first kappa shape index (κ1) is 18.4. The van der Waals surface area contributed by atoms with E-state index in [0.29, 0.717) is 24.1 Å². The molecule has 2 amide bonds. The molecule has 0 aromatic heterocycles. The van der Waals surface area contributed by atoms with E-state index >= 15 is 0 Å². The Morgan fingerprint density at radius 3 is 2.04 bits per heavy atom. The third-order valence-corrected chi connectivity index (χ3v) is 4.35. The molecule has 0 spiro atoms. The van der Waals surface area contributed by atoms with Crippen molar-refractivity contribution in [2.75, 3.05) is 17.3 Å². The maximum absolute atomic E-state index is 12.6. The van der Waals surface area contributed by atoms with E-state index in [2.05, 4.69) is 5.32 Å². The van der Waals surface area contributed by atoms with E-state index < -0.39 is 0 Å². The van der Waals surface area contributed by atoms with Crippen LogP contribution in [0, 0.1) is 0 Å². The Bertz CT molecular complexity index is 891. The van der Waals surface area contributed by atoms with E-state index in [4.69, 9.17) is 0 Å². The molecule has 136 valence electrons. The van der Waals surface area contributed by atoms with Gasteiger partial charge in [0.1, 0.15) is 0 Å². The molecule has 0 aliphatic heterocycles. The van der Waals surface area contributed by atoms with Gasteiger partial charge in [-0.3, -0.25) is 9.59 Å². The molecule has 3 rings (SSSR count). The fraction of sp³-hybridized carbons (Fsp3) is 0.130. The monoisotopic (exact) mass is 358 g/mol. The van der Waals surface area contributed by atoms with Gasteiger partial charge in [0.25, 0.3) is 5.91 Å². The molecule has 0 saturated carbocycles. The molecular formula is C23H22N2O2. The van der Waals surface area contributed by atoms with E-state index in [1.165, 1.54) is 0 Å². The zero-order valence-electron chi connectivity index (χ0n) is 15.3. The van der Waals surface area contributed by atoms with Gasteiger partial charge in [-0.25, -0.2) is 0 Å². The van der Waals surface area contributed by atoms with Crippen LogP contribution < -0.4 is 10.2 Å². The topological polar surface area (TPSA) is 49.4 Å². The molecule has 27 heavy (non-hydrogen) atoms. The van der Waals surface area contributed by atoms with Crippen LogP contribution in [0.5, 0.6) is 0 Å². The molecule has 1 N–H and O–H groups in total. The van der Waals surface area contributed by atoms with Crippen LogP contribution in [-0.4, -0.2) is 18.9 Å². The number of carbonyl (C=O) groups excluding carboxylic acids is 2. The minimum atomic E-state index is -0.0943. The summed E-state index contributed by atoms with van der Waals surface area (Å²) in [5, 5.41) is 2.88. The first-order valence-corrected chi connectivity index (χ1v) is 8.90. The Morgan fingerprint density at radius 2 is 1.41 bits per heavy atom. The van der Waals surface area contributed by atoms with Crippen LogP contribution in [-0.2, 0) is 11.2 Å². The summed E-state index contributed by atoms with van der Waals surface area (Å²) < 4.78 is 0. The number of nitrogens with one attached hydrogen (secondary N) is 1. The number of hydrogen-bond acceptors (Lipinski definition) is 2. The molecule has 0 heterocycles. The van der Waals surface area contributed by atoms with E-state index in [1.54, 1.807) is 36.2 Å². The van der Waals surface area contributed by atoms with Gasteiger partial charge < -0.3 is 10.2 Å². The van der Waals surface area contributed by atoms with Gasteiger partial charge in [0.15, 0.2) is 0 Å². The fourth-order valence-corrected chi connectivity index (χ4v) is 2.78. The lowest BCUT2D eigenvalue weighted by molar-refractivity contribution is -0.116. The summed E-state index contributed by atoms with van der Waals surface area (Å²) >= 11 is 0. The van der Waals surface area contributed by atoms with E-state index in [9.17, 15) is 9.59 Å². The lowest BCUT2D eigenvalue weighted by atomic mass is 10.1. The molecule has 0 saturated heterocycles. The average Bonchev–Trinajstić information content (AvgIpc) is 2.73. The van der Waals surface area contributed by atoms with Crippen molar-refractivity contribution in [3.05, 3.63) is 96.1 Å². The first-order chi connectivity index (χ1) is 13.1. The van der Waals surface area contributed by atoms with Crippen LogP contribution >= 0.6 is 0 Å². The highest BCUT2D eigenvalue weighted by Gasteiger charge is 2.13. The standard InChI is InChI=1S/C23H22N2O2/c1-25(21-10-6-3-7-11-21)23(27)19-13-15-20(16-14-19)24-22(26)17-12-18-8-4-2-5-9-18/h2-11,13-16H,12,17H2,1H3,(H,24,26). The molecule has 3 aromatic rings. The van der Waals surface area contributed by atoms with Crippen LogP contribution in [0.25, 0.3) is 0 Å². The number of carbonyl (C=O) groups is 2. The first-order valence-electron chi connectivity index (χ1n) is 8.90. The average molecular weight is 358 g/mol. The molecule has 4 nitrogen and oxygen atoms in total. The third kappa shape index (κ3) is 5.05. The number of amides is 2. The smallest absolute Gasteiger partial charge is 0.258 e. The van der Waals surface area contributed by atoms with Gasteiger partial charge in [0.2, 0.25) is 5.91 Å². The van der Waals surface area contributed by atoms with Crippen molar-refractivity contribution in [3.63, 3.8) is 0 Å². The van der Waals surface area contributed by atoms with E-state index in [1.807, 2.05) is 60.7 Å². The second-order valence-electron chi connectivity index (χ2n) is 6.31. The third-order valence-electron chi connectivity index (χ3n) is 4.35. The molecule has 0 fully saturated rings. The Balaban J connectivity index is 1.56. The lowest BCUT2D eigenvalue weighted by Gasteiger charge is -2.17. The highest BCUT2D eigenvalue weighted by molar-refractivity contribution is 6.06. The second-order valence-corrected chi connectivity index (χ2v) is 6.31. The quantitative estimate of drug-likeness (QED) is 0.703. The maximum Gasteiger partial charge on any atom is 0.258 e. The Labute approximate surface area is 159 Å². The fourth-order valence-electron chi connectivity index (χ4n) is 2.78. The Morgan fingerprint density at radius 1 is 0.815 bits per heavy atom. The number of aryl methyl sites for hydroxylation is 1. The summed E-state index contributed by atoms with van der Waals surface area (Å²) in [6.45, 7) is 0. The van der Waals surface area contributed by atoms with Crippen LogP contribution in [0.1, 0.15) is 22.3 Å². The van der Waals surface area contributed by atoms with Crippen LogP contribution in [0.15, 0.2) is 84.9 Å². The predicted molar refractivity (Wildman–Crippen MR) is 109 cm³/mol. The molecule has 0 atom stereocenters. The van der Waals surface area contributed by atoms with E-state index in [-0.39, 0.29) is 11.8 Å². The zero-order valence-corrected chi connectivity index (χ0v) is 15.3. The summed E-state index contributed by atoms with van der Waals surface area (Å²) in [7, 11) is 1.75. The van der Waals surface area contributed by atoms with Gasteiger partial charge in [-0.05, 0) is 48.4 Å². The maximum atomic E-state index is 12.6. The van der Waals surface area contributed by atoms with Crippen LogP contribution in [0.2, 0.25) is 0 Å². The van der Waals surface area contributed by atoms with Crippen molar-refractivity contribution < 1.29 is 9.59 Å². The number of benzene rings is 3. The molecule has 0 aliphatic carbocycles. The molecular weight excluding hydrogens is 336 g/mol. The van der Waals surface area contributed by atoms with Crippen molar-refractivity contribution in [2.24, 2.45) is 0 Å². The van der Waals surface area contributed by atoms with Crippen molar-refractivity contribution >= 4 is 23.2 Å². The van der Waals surface area contributed by atoms with Gasteiger partial charge in [-0.1, -0.05) is 48.5 Å². The summed E-state index contributed by atoms with van der Waals surface area (Å²) in [6, 6.07) is 26.4. The number of hydrogen-bond donors (Lipinski definition) is 1. The number of rotatable bonds is 6. The molecule has 4 heteroatoms. The van der Waals surface area contributed by atoms with Crippen LogP contribution in [0.3, 0.4) is 0 Å². The lowest BCUT2D eigenvalue weighted by Crippen LogP contribution is -2.26. The van der Waals surface area contributed by atoms with E-state index in [0.717, 1.165) is 11.3 Å². The molecule has 0 aliphatic rings. The van der Waals surface area contributed by atoms with Gasteiger partial charge in [0, 0.05) is 30.4 Å². The molecule has 0 bridgehead atoms. The normalized spacial score (nSPS) is 10.3. The van der Waals surface area contributed by atoms with Gasteiger partial charge >= 0.3 is 0 Å². The highest BCUT2D eigenvalue weighted by atomic mass is 16.2. The SMILES string of the molecule is CN(C(=O)c1ccc(NC(=O)CCc2ccccc2)cc1)c1ccccc1. The van der Waals surface area contributed by atoms with Crippen molar-refractivity contribution in [2.45, 2.75) is 12.8 Å². The van der Waals surface area contributed by atoms with Crippen molar-refractivity contribution in [1.82, 2.24) is 0 Å². The van der Waals surface area contributed by atoms with Crippen molar-refractivity contribution in [1.29, 1.82) is 0 Å². The predicted octanol–water partition coefficient (Wildman–Crippen LogP) is 4.53.